The van der Waals surface area contributed by atoms with Gasteiger partial charge in [0.05, 0.1) is 12.0 Å². The van der Waals surface area contributed by atoms with Crippen molar-refractivity contribution in [3.8, 4) is 0 Å². The number of nitrogens with one attached hydrogen (secondary N) is 1. The molecule has 0 saturated carbocycles. The SMILES string of the molecule is CC(C)n1cncc1CNCC(C)(C)C(C)C. The highest BCUT2D eigenvalue weighted by molar-refractivity contribution is 4.99. The van der Waals surface area contributed by atoms with E-state index in [1.54, 1.807) is 0 Å². The van der Waals surface area contributed by atoms with Crippen molar-refractivity contribution in [1.82, 2.24) is 14.9 Å². The summed E-state index contributed by atoms with van der Waals surface area (Å²) in [5.41, 5.74) is 1.60. The summed E-state index contributed by atoms with van der Waals surface area (Å²) in [7, 11) is 0. The topological polar surface area (TPSA) is 29.9 Å². The van der Waals surface area contributed by atoms with Gasteiger partial charge in [0.15, 0.2) is 0 Å². The first kappa shape index (κ1) is 14.2. The second kappa shape index (κ2) is 5.67. The first-order valence-corrected chi connectivity index (χ1v) is 6.56. The Morgan fingerprint density at radius 2 is 1.94 bits per heavy atom. The van der Waals surface area contributed by atoms with E-state index >= 15 is 0 Å². The predicted octanol–water partition coefficient (Wildman–Crippen LogP) is 3.24. The number of imidazole rings is 1. The Hall–Kier alpha value is -0.830. The molecule has 1 N–H and O–H groups in total. The van der Waals surface area contributed by atoms with E-state index in [9.17, 15) is 0 Å². The molecule has 0 spiro atoms. The second-order valence-electron chi connectivity index (χ2n) is 6.13. The zero-order valence-electron chi connectivity index (χ0n) is 12.1. The number of aromatic nitrogens is 2. The Balaban J connectivity index is 2.49. The number of hydrogen-bond donors (Lipinski definition) is 1. The lowest BCUT2D eigenvalue weighted by atomic mass is 9.81. The summed E-state index contributed by atoms with van der Waals surface area (Å²) in [6, 6.07) is 0.479. The van der Waals surface area contributed by atoms with Crippen LogP contribution >= 0.6 is 0 Å². The summed E-state index contributed by atoms with van der Waals surface area (Å²) in [5.74, 6) is 0.685. The van der Waals surface area contributed by atoms with E-state index in [0.717, 1.165) is 13.1 Å². The van der Waals surface area contributed by atoms with Crippen molar-refractivity contribution < 1.29 is 0 Å². The average molecular weight is 237 g/mol. The zero-order valence-corrected chi connectivity index (χ0v) is 12.1. The normalized spacial score (nSPS) is 12.7. The summed E-state index contributed by atoms with van der Waals surface area (Å²) < 4.78 is 2.22. The Bertz CT molecular complexity index is 337. The van der Waals surface area contributed by atoms with Crippen LogP contribution in [0.1, 0.15) is 53.3 Å². The molecule has 0 aromatic carbocycles. The van der Waals surface area contributed by atoms with E-state index in [1.807, 2.05) is 12.5 Å². The zero-order chi connectivity index (χ0) is 13.1. The first-order valence-electron chi connectivity index (χ1n) is 6.56. The standard InChI is InChI=1S/C14H27N3/c1-11(2)14(5,6)9-15-7-13-8-16-10-17(13)12(3)4/h8,10-12,15H,7,9H2,1-6H3. The fraction of sp³-hybridized carbons (Fsp3) is 0.786. The monoisotopic (exact) mass is 237 g/mol. The third-order valence-corrected chi connectivity index (χ3v) is 3.75. The number of nitrogens with zero attached hydrogens (tertiary/aromatic N) is 2. The van der Waals surface area contributed by atoms with Crippen LogP contribution in [0.15, 0.2) is 12.5 Å². The molecule has 1 heterocycles. The molecule has 0 aliphatic carbocycles. The molecule has 0 aliphatic rings. The van der Waals surface area contributed by atoms with Gasteiger partial charge in [-0.3, -0.25) is 0 Å². The first-order chi connectivity index (χ1) is 7.84. The molecule has 17 heavy (non-hydrogen) atoms. The van der Waals surface area contributed by atoms with Crippen LogP contribution < -0.4 is 5.32 Å². The van der Waals surface area contributed by atoms with E-state index in [0.29, 0.717) is 17.4 Å². The van der Waals surface area contributed by atoms with Gasteiger partial charge in [-0.15, -0.1) is 0 Å². The predicted molar refractivity (Wildman–Crippen MR) is 72.9 cm³/mol. The van der Waals surface area contributed by atoms with Gasteiger partial charge >= 0.3 is 0 Å². The number of rotatable bonds is 6. The molecule has 0 fully saturated rings. The molecule has 0 radical (unpaired) electrons. The molecule has 1 rings (SSSR count). The largest absolute Gasteiger partial charge is 0.331 e. The molecule has 3 nitrogen and oxygen atoms in total. The molecule has 0 amide bonds. The lowest BCUT2D eigenvalue weighted by molar-refractivity contribution is 0.237. The smallest absolute Gasteiger partial charge is 0.0951 e. The van der Waals surface area contributed by atoms with E-state index in [4.69, 9.17) is 0 Å². The molecule has 0 bridgehead atoms. The molecule has 1 aromatic rings. The maximum Gasteiger partial charge on any atom is 0.0951 e. The van der Waals surface area contributed by atoms with Gasteiger partial charge in [0.25, 0.3) is 0 Å². The van der Waals surface area contributed by atoms with Crippen LogP contribution in [0.3, 0.4) is 0 Å². The molecule has 0 atom stereocenters. The lowest BCUT2D eigenvalue weighted by Crippen LogP contribution is -2.33. The van der Waals surface area contributed by atoms with Crippen LogP contribution in [0.2, 0.25) is 0 Å². The van der Waals surface area contributed by atoms with Crippen LogP contribution in [0.25, 0.3) is 0 Å². The van der Waals surface area contributed by atoms with Gasteiger partial charge in [-0.05, 0) is 25.2 Å². The van der Waals surface area contributed by atoms with Gasteiger partial charge in [0.1, 0.15) is 0 Å². The molecule has 3 heteroatoms. The van der Waals surface area contributed by atoms with Gasteiger partial charge < -0.3 is 9.88 Å². The summed E-state index contributed by atoms with van der Waals surface area (Å²) in [5, 5.41) is 3.54. The molecule has 0 aliphatic heterocycles. The average Bonchev–Trinajstić information content (AvgIpc) is 2.65. The third-order valence-electron chi connectivity index (χ3n) is 3.75. The summed E-state index contributed by atoms with van der Waals surface area (Å²) in [6.45, 7) is 15.5. The van der Waals surface area contributed by atoms with Gasteiger partial charge in [-0.2, -0.15) is 0 Å². The van der Waals surface area contributed by atoms with Crippen LogP contribution in [-0.2, 0) is 6.54 Å². The van der Waals surface area contributed by atoms with Gasteiger partial charge in [0, 0.05) is 25.3 Å². The molecule has 1 aromatic heterocycles. The highest BCUT2D eigenvalue weighted by Gasteiger charge is 2.21. The van der Waals surface area contributed by atoms with Crippen LogP contribution in [0, 0.1) is 11.3 Å². The van der Waals surface area contributed by atoms with E-state index < -0.39 is 0 Å². The minimum absolute atomic E-state index is 0.336. The van der Waals surface area contributed by atoms with Crippen molar-refractivity contribution in [2.24, 2.45) is 11.3 Å². The lowest BCUT2D eigenvalue weighted by Gasteiger charge is -2.29. The number of hydrogen-bond acceptors (Lipinski definition) is 2. The fourth-order valence-electron chi connectivity index (χ4n) is 1.65. The van der Waals surface area contributed by atoms with Gasteiger partial charge in [-0.1, -0.05) is 27.7 Å². The maximum absolute atomic E-state index is 4.22. The van der Waals surface area contributed by atoms with E-state index in [-0.39, 0.29) is 0 Å². The van der Waals surface area contributed by atoms with Crippen molar-refractivity contribution in [2.45, 2.75) is 54.1 Å². The summed E-state index contributed by atoms with van der Waals surface area (Å²) >= 11 is 0. The van der Waals surface area contributed by atoms with Crippen molar-refractivity contribution in [2.75, 3.05) is 6.54 Å². The van der Waals surface area contributed by atoms with Crippen molar-refractivity contribution in [3.63, 3.8) is 0 Å². The van der Waals surface area contributed by atoms with Crippen LogP contribution in [0.4, 0.5) is 0 Å². The van der Waals surface area contributed by atoms with Crippen molar-refractivity contribution in [3.05, 3.63) is 18.2 Å². The van der Waals surface area contributed by atoms with E-state index in [1.165, 1.54) is 5.69 Å². The van der Waals surface area contributed by atoms with Crippen molar-refractivity contribution >= 4 is 0 Å². The minimum atomic E-state index is 0.336. The maximum atomic E-state index is 4.22. The van der Waals surface area contributed by atoms with Gasteiger partial charge in [-0.25, -0.2) is 4.98 Å². The Kier molecular flexibility index (Phi) is 4.75. The Labute approximate surface area is 106 Å². The highest BCUT2D eigenvalue weighted by atomic mass is 15.1. The Morgan fingerprint density at radius 1 is 1.29 bits per heavy atom. The second-order valence-corrected chi connectivity index (χ2v) is 6.13. The Morgan fingerprint density at radius 3 is 2.47 bits per heavy atom. The fourth-order valence-corrected chi connectivity index (χ4v) is 1.65. The molecule has 98 valence electrons. The van der Waals surface area contributed by atoms with Crippen LogP contribution in [-0.4, -0.2) is 16.1 Å². The van der Waals surface area contributed by atoms with Crippen LogP contribution in [0.5, 0.6) is 0 Å². The molecular formula is C14H27N3. The molecular weight excluding hydrogens is 210 g/mol. The quantitative estimate of drug-likeness (QED) is 0.823. The van der Waals surface area contributed by atoms with Crippen molar-refractivity contribution in [1.29, 1.82) is 0 Å². The molecule has 0 unspecified atom stereocenters. The molecule has 0 saturated heterocycles. The third kappa shape index (κ3) is 3.84. The summed E-state index contributed by atoms with van der Waals surface area (Å²) in [4.78, 5) is 4.22. The highest BCUT2D eigenvalue weighted by Crippen LogP contribution is 2.24. The van der Waals surface area contributed by atoms with Gasteiger partial charge in [0.2, 0.25) is 0 Å². The minimum Gasteiger partial charge on any atom is -0.331 e. The summed E-state index contributed by atoms with van der Waals surface area (Å²) in [6.07, 6.45) is 3.87. The van der Waals surface area contributed by atoms with E-state index in [2.05, 4.69) is 56.4 Å².